The summed E-state index contributed by atoms with van der Waals surface area (Å²) >= 11 is 4.63. The number of hydrogen-bond donors (Lipinski definition) is 1. The van der Waals surface area contributed by atoms with E-state index in [1.807, 2.05) is 6.07 Å². The van der Waals surface area contributed by atoms with Crippen LogP contribution in [0.25, 0.3) is 11.2 Å². The number of hydrogen-bond acceptors (Lipinski definition) is 4. The first kappa shape index (κ1) is 15.3. The number of carboxylic acid groups (broad SMARTS) is 1. The maximum atomic E-state index is 10.8. The first-order chi connectivity index (χ1) is 9.56. The molecule has 0 aromatic carbocycles. The van der Waals surface area contributed by atoms with E-state index in [1.54, 1.807) is 6.20 Å². The Balaban J connectivity index is 2.52. The summed E-state index contributed by atoms with van der Waals surface area (Å²) in [6.07, 6.45) is 3.66. The molecule has 0 amide bonds. The molecule has 0 bridgehead atoms. The Labute approximate surface area is 129 Å². The van der Waals surface area contributed by atoms with Gasteiger partial charge in [-0.25, -0.2) is 9.97 Å². The van der Waals surface area contributed by atoms with Crippen molar-refractivity contribution >= 4 is 44.8 Å². The number of halogens is 1. The molecule has 0 radical (unpaired) electrons. The molecular weight excluding hydrogens is 342 g/mol. The molecule has 2 heterocycles. The first-order valence-corrected chi connectivity index (χ1v) is 8.22. The van der Waals surface area contributed by atoms with Crippen LogP contribution in [0.15, 0.2) is 21.9 Å². The Morgan fingerprint density at radius 3 is 2.80 bits per heavy atom. The third kappa shape index (κ3) is 3.15. The SMILES string of the molecule is CCC(CC)n1c(SCC(=O)O)nc2cc(Br)cnc21. The average Bonchev–Trinajstić information content (AvgIpc) is 2.76. The summed E-state index contributed by atoms with van der Waals surface area (Å²) in [5, 5.41) is 9.58. The van der Waals surface area contributed by atoms with Crippen molar-refractivity contribution in [2.75, 3.05) is 5.75 Å². The number of aliphatic carboxylic acids is 1. The third-order valence-electron chi connectivity index (χ3n) is 3.10. The second kappa shape index (κ2) is 6.58. The van der Waals surface area contributed by atoms with Crippen LogP contribution in [0.1, 0.15) is 32.7 Å². The number of imidazole rings is 1. The lowest BCUT2D eigenvalue weighted by Crippen LogP contribution is -2.10. The van der Waals surface area contributed by atoms with E-state index in [0.29, 0.717) is 0 Å². The van der Waals surface area contributed by atoms with E-state index >= 15 is 0 Å². The summed E-state index contributed by atoms with van der Waals surface area (Å²) < 4.78 is 2.93. The maximum Gasteiger partial charge on any atom is 0.313 e. The van der Waals surface area contributed by atoms with E-state index in [1.165, 1.54) is 11.8 Å². The van der Waals surface area contributed by atoms with Crippen molar-refractivity contribution in [1.29, 1.82) is 0 Å². The van der Waals surface area contributed by atoms with Crippen LogP contribution in [-0.2, 0) is 4.79 Å². The Kier molecular flexibility index (Phi) is 5.04. The van der Waals surface area contributed by atoms with E-state index in [-0.39, 0.29) is 11.8 Å². The number of aromatic nitrogens is 3. The summed E-state index contributed by atoms with van der Waals surface area (Å²) in [7, 11) is 0. The van der Waals surface area contributed by atoms with Crippen molar-refractivity contribution in [3.05, 3.63) is 16.7 Å². The summed E-state index contributed by atoms with van der Waals surface area (Å²) in [4.78, 5) is 19.8. The molecule has 0 saturated carbocycles. The van der Waals surface area contributed by atoms with Crippen molar-refractivity contribution in [3.63, 3.8) is 0 Å². The molecule has 2 rings (SSSR count). The number of carbonyl (C=O) groups is 1. The van der Waals surface area contributed by atoms with Gasteiger partial charge >= 0.3 is 5.97 Å². The zero-order chi connectivity index (χ0) is 14.7. The van der Waals surface area contributed by atoms with Crippen LogP contribution in [0, 0.1) is 0 Å². The molecule has 0 spiro atoms. The molecule has 108 valence electrons. The van der Waals surface area contributed by atoms with Gasteiger partial charge in [0.1, 0.15) is 5.52 Å². The van der Waals surface area contributed by atoms with Gasteiger partial charge in [0.25, 0.3) is 0 Å². The van der Waals surface area contributed by atoms with Gasteiger partial charge in [0.2, 0.25) is 0 Å². The highest BCUT2D eigenvalue weighted by atomic mass is 79.9. The van der Waals surface area contributed by atoms with E-state index < -0.39 is 5.97 Å². The smallest absolute Gasteiger partial charge is 0.313 e. The van der Waals surface area contributed by atoms with Gasteiger partial charge < -0.3 is 9.67 Å². The topological polar surface area (TPSA) is 68.0 Å². The largest absolute Gasteiger partial charge is 0.481 e. The molecule has 0 saturated heterocycles. The number of nitrogens with zero attached hydrogens (tertiary/aromatic N) is 3. The standard InChI is InChI=1S/C13H16BrN3O2S/c1-3-9(4-2)17-12-10(5-8(14)6-15-12)16-13(17)20-7-11(18)19/h5-6,9H,3-4,7H2,1-2H3,(H,18,19). The Morgan fingerprint density at radius 1 is 1.50 bits per heavy atom. The van der Waals surface area contributed by atoms with Gasteiger partial charge in [-0.2, -0.15) is 0 Å². The summed E-state index contributed by atoms with van der Waals surface area (Å²) in [6.45, 7) is 4.23. The van der Waals surface area contributed by atoms with Crippen molar-refractivity contribution < 1.29 is 9.90 Å². The monoisotopic (exact) mass is 357 g/mol. The van der Waals surface area contributed by atoms with Crippen molar-refractivity contribution in [2.24, 2.45) is 0 Å². The Hall–Kier alpha value is -1.08. The maximum absolute atomic E-state index is 10.8. The average molecular weight is 358 g/mol. The van der Waals surface area contributed by atoms with Crippen LogP contribution in [0.5, 0.6) is 0 Å². The highest BCUT2D eigenvalue weighted by molar-refractivity contribution is 9.10. The lowest BCUT2D eigenvalue weighted by molar-refractivity contribution is -0.133. The molecule has 0 aliphatic heterocycles. The van der Waals surface area contributed by atoms with Crippen molar-refractivity contribution in [1.82, 2.24) is 14.5 Å². The molecule has 5 nitrogen and oxygen atoms in total. The lowest BCUT2D eigenvalue weighted by Gasteiger charge is -2.17. The molecule has 0 aliphatic rings. The molecule has 0 unspecified atom stereocenters. The number of rotatable bonds is 6. The third-order valence-corrected chi connectivity index (χ3v) is 4.47. The van der Waals surface area contributed by atoms with Gasteiger partial charge in [-0.15, -0.1) is 0 Å². The fraction of sp³-hybridized carbons (Fsp3) is 0.462. The van der Waals surface area contributed by atoms with E-state index in [0.717, 1.165) is 33.6 Å². The highest BCUT2D eigenvalue weighted by Gasteiger charge is 2.19. The highest BCUT2D eigenvalue weighted by Crippen LogP contribution is 2.30. The number of thioether (sulfide) groups is 1. The first-order valence-electron chi connectivity index (χ1n) is 6.44. The molecule has 2 aromatic rings. The fourth-order valence-corrected chi connectivity index (χ4v) is 3.26. The molecule has 7 heteroatoms. The minimum atomic E-state index is -0.840. The molecule has 0 fully saturated rings. The zero-order valence-electron chi connectivity index (χ0n) is 11.3. The van der Waals surface area contributed by atoms with E-state index in [9.17, 15) is 4.79 Å². The van der Waals surface area contributed by atoms with Crippen molar-refractivity contribution in [2.45, 2.75) is 37.9 Å². The van der Waals surface area contributed by atoms with Crippen LogP contribution in [-0.4, -0.2) is 31.4 Å². The van der Waals surface area contributed by atoms with Crippen LogP contribution >= 0.6 is 27.7 Å². The van der Waals surface area contributed by atoms with E-state index in [2.05, 4.69) is 44.3 Å². The molecule has 0 aliphatic carbocycles. The molecular formula is C13H16BrN3O2S. The minimum Gasteiger partial charge on any atom is -0.481 e. The van der Waals surface area contributed by atoms with Crippen LogP contribution < -0.4 is 0 Å². The summed E-state index contributed by atoms with van der Waals surface area (Å²) in [5.74, 6) is -0.836. The van der Waals surface area contributed by atoms with Crippen LogP contribution in [0.2, 0.25) is 0 Å². The summed E-state index contributed by atoms with van der Waals surface area (Å²) in [5.41, 5.74) is 1.61. The summed E-state index contributed by atoms with van der Waals surface area (Å²) in [6, 6.07) is 2.19. The van der Waals surface area contributed by atoms with Gasteiger partial charge in [0.15, 0.2) is 10.8 Å². The fourth-order valence-electron chi connectivity index (χ4n) is 2.15. The molecule has 2 aromatic heterocycles. The predicted octanol–water partition coefficient (Wildman–Crippen LogP) is 3.73. The van der Waals surface area contributed by atoms with E-state index in [4.69, 9.17) is 5.11 Å². The van der Waals surface area contributed by atoms with Gasteiger partial charge in [-0.3, -0.25) is 4.79 Å². The number of pyridine rings is 1. The van der Waals surface area contributed by atoms with Gasteiger partial charge in [0, 0.05) is 16.7 Å². The van der Waals surface area contributed by atoms with Gasteiger partial charge in [-0.1, -0.05) is 25.6 Å². The van der Waals surface area contributed by atoms with Crippen molar-refractivity contribution in [3.8, 4) is 0 Å². The second-order valence-electron chi connectivity index (χ2n) is 4.41. The van der Waals surface area contributed by atoms with Crippen LogP contribution in [0.4, 0.5) is 0 Å². The number of carboxylic acids is 1. The molecule has 0 atom stereocenters. The Morgan fingerprint density at radius 2 is 2.20 bits per heavy atom. The molecule has 20 heavy (non-hydrogen) atoms. The van der Waals surface area contributed by atoms with Gasteiger partial charge in [0.05, 0.1) is 5.75 Å². The second-order valence-corrected chi connectivity index (χ2v) is 6.27. The lowest BCUT2D eigenvalue weighted by atomic mass is 10.2. The van der Waals surface area contributed by atoms with Crippen LogP contribution in [0.3, 0.4) is 0 Å². The minimum absolute atomic E-state index is 0.00460. The quantitative estimate of drug-likeness (QED) is 0.797. The normalized spacial score (nSPS) is 11.4. The number of fused-ring (bicyclic) bond motifs is 1. The zero-order valence-corrected chi connectivity index (χ0v) is 13.7. The Bertz CT molecular complexity index is 625. The van der Waals surface area contributed by atoms with Gasteiger partial charge in [-0.05, 0) is 34.8 Å². The predicted molar refractivity (Wildman–Crippen MR) is 83.2 cm³/mol. The molecule has 1 N–H and O–H groups in total.